The van der Waals surface area contributed by atoms with Gasteiger partial charge >= 0.3 is 0 Å². The Labute approximate surface area is 149 Å². The highest BCUT2D eigenvalue weighted by Crippen LogP contribution is 2.24. The van der Waals surface area contributed by atoms with Gasteiger partial charge in [-0.2, -0.15) is 5.10 Å². The smallest absolute Gasteiger partial charge is 0.277 e. The molecule has 0 atom stereocenters. The SMILES string of the molecule is CC(C)(C)c1ccc(OCC(=O)N/N=C\C=C\c2ccccc2)cc1. The molecule has 2 aromatic carbocycles. The fraction of sp³-hybridized carbons (Fsp3) is 0.238. The molecule has 4 heteroatoms. The molecule has 1 amide bonds. The number of hydrazone groups is 1. The monoisotopic (exact) mass is 336 g/mol. The third-order valence-corrected chi connectivity index (χ3v) is 3.53. The first-order valence-corrected chi connectivity index (χ1v) is 8.22. The summed E-state index contributed by atoms with van der Waals surface area (Å²) in [6.45, 7) is 6.39. The summed E-state index contributed by atoms with van der Waals surface area (Å²) in [6.07, 6.45) is 5.20. The second-order valence-corrected chi connectivity index (χ2v) is 6.65. The van der Waals surface area contributed by atoms with Crippen molar-refractivity contribution in [1.29, 1.82) is 0 Å². The Morgan fingerprint density at radius 2 is 1.76 bits per heavy atom. The van der Waals surface area contributed by atoms with Gasteiger partial charge in [0.2, 0.25) is 0 Å². The quantitative estimate of drug-likeness (QED) is 0.635. The Kier molecular flexibility index (Phi) is 6.52. The van der Waals surface area contributed by atoms with Crippen LogP contribution >= 0.6 is 0 Å². The van der Waals surface area contributed by atoms with E-state index < -0.39 is 0 Å². The van der Waals surface area contributed by atoms with Gasteiger partial charge in [-0.1, -0.05) is 69.3 Å². The first-order chi connectivity index (χ1) is 11.9. The maximum absolute atomic E-state index is 11.7. The van der Waals surface area contributed by atoms with Gasteiger partial charge in [0.25, 0.3) is 5.91 Å². The van der Waals surface area contributed by atoms with Crippen LogP contribution in [0.1, 0.15) is 31.9 Å². The maximum atomic E-state index is 11.7. The van der Waals surface area contributed by atoms with E-state index in [2.05, 4.69) is 31.3 Å². The average Bonchev–Trinajstić information content (AvgIpc) is 2.60. The van der Waals surface area contributed by atoms with E-state index in [1.54, 1.807) is 6.08 Å². The van der Waals surface area contributed by atoms with Crippen LogP contribution in [0, 0.1) is 0 Å². The second kappa shape index (κ2) is 8.83. The van der Waals surface area contributed by atoms with E-state index >= 15 is 0 Å². The van der Waals surface area contributed by atoms with E-state index in [1.165, 1.54) is 11.8 Å². The molecule has 0 saturated heterocycles. The predicted octanol–water partition coefficient (Wildman–Crippen LogP) is 4.18. The van der Waals surface area contributed by atoms with Crippen molar-refractivity contribution < 1.29 is 9.53 Å². The summed E-state index contributed by atoms with van der Waals surface area (Å²) in [5.74, 6) is 0.361. The van der Waals surface area contributed by atoms with Crippen LogP contribution in [0.2, 0.25) is 0 Å². The molecule has 0 unspecified atom stereocenters. The van der Waals surface area contributed by atoms with Gasteiger partial charge < -0.3 is 4.74 Å². The summed E-state index contributed by atoms with van der Waals surface area (Å²) < 4.78 is 5.46. The normalized spacial score (nSPS) is 11.8. The molecule has 0 spiro atoms. The van der Waals surface area contributed by atoms with Crippen LogP contribution in [-0.2, 0) is 10.2 Å². The largest absolute Gasteiger partial charge is 0.484 e. The number of carbonyl (C=O) groups is 1. The summed E-state index contributed by atoms with van der Waals surface area (Å²) in [4.78, 5) is 11.7. The summed E-state index contributed by atoms with van der Waals surface area (Å²) in [5, 5.41) is 3.85. The number of carbonyl (C=O) groups excluding carboxylic acids is 1. The predicted molar refractivity (Wildman–Crippen MR) is 103 cm³/mol. The van der Waals surface area contributed by atoms with Crippen LogP contribution in [0.25, 0.3) is 6.08 Å². The lowest BCUT2D eigenvalue weighted by Crippen LogP contribution is -2.24. The minimum atomic E-state index is -0.302. The minimum Gasteiger partial charge on any atom is -0.484 e. The Balaban J connectivity index is 1.73. The molecular formula is C21H24N2O2. The molecule has 130 valence electrons. The Morgan fingerprint density at radius 3 is 2.40 bits per heavy atom. The van der Waals surface area contributed by atoms with E-state index in [-0.39, 0.29) is 17.9 Å². The third kappa shape index (κ3) is 6.63. The fourth-order valence-electron chi connectivity index (χ4n) is 2.10. The highest BCUT2D eigenvalue weighted by molar-refractivity contribution is 5.81. The number of rotatable bonds is 6. The lowest BCUT2D eigenvalue weighted by atomic mass is 9.87. The van der Waals surface area contributed by atoms with Gasteiger partial charge in [0, 0.05) is 6.21 Å². The van der Waals surface area contributed by atoms with Crippen LogP contribution in [0.5, 0.6) is 5.75 Å². The van der Waals surface area contributed by atoms with Gasteiger partial charge in [-0.25, -0.2) is 5.43 Å². The van der Waals surface area contributed by atoms with E-state index in [9.17, 15) is 4.79 Å². The van der Waals surface area contributed by atoms with Crippen molar-refractivity contribution in [2.45, 2.75) is 26.2 Å². The third-order valence-electron chi connectivity index (χ3n) is 3.53. The standard InChI is InChI=1S/C21H24N2O2/c1-21(2,3)18-11-13-19(14-12-18)25-16-20(24)23-22-15-7-10-17-8-5-4-6-9-17/h4-15H,16H2,1-3H3,(H,23,24)/b10-7+,22-15-. The zero-order chi connectivity index (χ0) is 18.1. The summed E-state index contributed by atoms with van der Waals surface area (Å²) in [7, 11) is 0. The Hall–Kier alpha value is -2.88. The molecule has 2 aromatic rings. The molecule has 4 nitrogen and oxygen atoms in total. The number of nitrogens with one attached hydrogen (secondary N) is 1. The molecule has 0 aromatic heterocycles. The van der Waals surface area contributed by atoms with Gasteiger partial charge in [0.1, 0.15) is 5.75 Å². The molecule has 0 radical (unpaired) electrons. The zero-order valence-corrected chi connectivity index (χ0v) is 14.9. The molecule has 0 aliphatic carbocycles. The highest BCUT2D eigenvalue weighted by atomic mass is 16.5. The fourth-order valence-corrected chi connectivity index (χ4v) is 2.10. The molecular weight excluding hydrogens is 312 g/mol. The van der Waals surface area contributed by atoms with Gasteiger partial charge in [-0.15, -0.1) is 0 Å². The lowest BCUT2D eigenvalue weighted by Gasteiger charge is -2.19. The molecule has 0 heterocycles. The van der Waals surface area contributed by atoms with Crippen LogP contribution in [0.15, 0.2) is 65.8 Å². The van der Waals surface area contributed by atoms with Crippen LogP contribution in [0.3, 0.4) is 0 Å². The number of benzene rings is 2. The van der Waals surface area contributed by atoms with Gasteiger partial charge in [-0.05, 0) is 34.8 Å². The lowest BCUT2D eigenvalue weighted by molar-refractivity contribution is -0.123. The topological polar surface area (TPSA) is 50.7 Å². The second-order valence-electron chi connectivity index (χ2n) is 6.65. The van der Waals surface area contributed by atoms with Crippen molar-refractivity contribution in [2.75, 3.05) is 6.61 Å². The molecule has 0 bridgehead atoms. The van der Waals surface area contributed by atoms with Gasteiger partial charge in [-0.3, -0.25) is 4.79 Å². The van der Waals surface area contributed by atoms with Gasteiger partial charge in [0.05, 0.1) is 0 Å². The van der Waals surface area contributed by atoms with E-state index in [1.807, 2.05) is 60.7 Å². The molecule has 1 N–H and O–H groups in total. The van der Waals surface area contributed by atoms with Crippen LogP contribution in [0.4, 0.5) is 0 Å². The molecule has 0 fully saturated rings. The number of hydrogen-bond donors (Lipinski definition) is 1. The molecule has 0 aliphatic heterocycles. The van der Waals surface area contributed by atoms with Crippen LogP contribution < -0.4 is 10.2 Å². The van der Waals surface area contributed by atoms with E-state index in [0.717, 1.165) is 5.56 Å². The van der Waals surface area contributed by atoms with Crippen molar-refractivity contribution in [2.24, 2.45) is 5.10 Å². The number of ether oxygens (including phenoxy) is 1. The van der Waals surface area contributed by atoms with Crippen molar-refractivity contribution in [3.8, 4) is 5.75 Å². The maximum Gasteiger partial charge on any atom is 0.277 e. The molecule has 25 heavy (non-hydrogen) atoms. The van der Waals surface area contributed by atoms with Crippen molar-refractivity contribution in [1.82, 2.24) is 5.43 Å². The molecule has 2 rings (SSSR count). The zero-order valence-electron chi connectivity index (χ0n) is 14.9. The average molecular weight is 336 g/mol. The number of nitrogens with zero attached hydrogens (tertiary/aromatic N) is 1. The number of hydrogen-bond acceptors (Lipinski definition) is 3. The van der Waals surface area contributed by atoms with Crippen molar-refractivity contribution >= 4 is 18.2 Å². The van der Waals surface area contributed by atoms with E-state index in [0.29, 0.717) is 5.75 Å². The number of amides is 1. The first-order valence-electron chi connectivity index (χ1n) is 8.22. The van der Waals surface area contributed by atoms with Gasteiger partial charge in [0.15, 0.2) is 6.61 Å². The van der Waals surface area contributed by atoms with Crippen molar-refractivity contribution in [3.05, 3.63) is 71.8 Å². The molecule has 0 aliphatic rings. The highest BCUT2D eigenvalue weighted by Gasteiger charge is 2.13. The first kappa shape index (κ1) is 18.5. The Bertz CT molecular complexity index is 727. The summed E-state index contributed by atoms with van der Waals surface area (Å²) in [6, 6.07) is 17.6. The minimum absolute atomic E-state index is 0.0748. The van der Waals surface area contributed by atoms with E-state index in [4.69, 9.17) is 4.74 Å². The summed E-state index contributed by atoms with van der Waals surface area (Å²) >= 11 is 0. The Morgan fingerprint density at radius 1 is 1.08 bits per heavy atom. The summed E-state index contributed by atoms with van der Waals surface area (Å²) in [5.41, 5.74) is 4.82. The van der Waals surface area contributed by atoms with Crippen molar-refractivity contribution in [3.63, 3.8) is 0 Å². The van der Waals surface area contributed by atoms with Crippen LogP contribution in [-0.4, -0.2) is 18.7 Å². The number of allylic oxidation sites excluding steroid dienone is 1. The molecule has 0 saturated carbocycles.